The number of benzene rings is 1. The Bertz CT molecular complexity index is 458. The predicted molar refractivity (Wildman–Crippen MR) is 76.1 cm³/mol. The second kappa shape index (κ2) is 7.08. The molecule has 4 heteroatoms. The van der Waals surface area contributed by atoms with Crippen LogP contribution in [-0.4, -0.2) is 36.5 Å². The molecule has 0 bridgehead atoms. The average molecular weight is 275 g/mol. The standard InChI is InChI=1S/C16H21NO3/c1-20-16(19)12-14-9-5-6-10-17(14)15(18)11-13-7-3-2-4-8-13/h2-4,7-8,14H,5-6,9-12H2,1H3. The van der Waals surface area contributed by atoms with Crippen LogP contribution < -0.4 is 0 Å². The highest BCUT2D eigenvalue weighted by molar-refractivity contribution is 5.80. The van der Waals surface area contributed by atoms with Crippen LogP contribution in [0.25, 0.3) is 0 Å². The molecule has 1 unspecified atom stereocenters. The normalized spacial score (nSPS) is 18.6. The van der Waals surface area contributed by atoms with E-state index in [0.29, 0.717) is 12.8 Å². The van der Waals surface area contributed by atoms with Gasteiger partial charge < -0.3 is 9.64 Å². The Hall–Kier alpha value is -1.84. The van der Waals surface area contributed by atoms with Crippen molar-refractivity contribution in [3.8, 4) is 0 Å². The Labute approximate surface area is 119 Å². The molecule has 1 aliphatic heterocycles. The smallest absolute Gasteiger partial charge is 0.307 e. The molecule has 1 aliphatic rings. The molecule has 0 N–H and O–H groups in total. The molecule has 0 spiro atoms. The second-order valence-electron chi connectivity index (χ2n) is 5.18. The maximum absolute atomic E-state index is 12.4. The lowest BCUT2D eigenvalue weighted by Crippen LogP contribution is -2.45. The van der Waals surface area contributed by atoms with Gasteiger partial charge in [-0.15, -0.1) is 0 Å². The topological polar surface area (TPSA) is 46.6 Å². The first-order chi connectivity index (χ1) is 9.70. The Kier molecular flexibility index (Phi) is 5.16. The van der Waals surface area contributed by atoms with Crippen LogP contribution in [0.15, 0.2) is 30.3 Å². The van der Waals surface area contributed by atoms with Crippen molar-refractivity contribution in [2.24, 2.45) is 0 Å². The summed E-state index contributed by atoms with van der Waals surface area (Å²) in [6.45, 7) is 0.743. The number of methoxy groups -OCH3 is 1. The summed E-state index contributed by atoms with van der Waals surface area (Å²) in [6.07, 6.45) is 3.67. The van der Waals surface area contributed by atoms with Gasteiger partial charge in [0.1, 0.15) is 0 Å². The van der Waals surface area contributed by atoms with E-state index in [1.54, 1.807) is 0 Å². The van der Waals surface area contributed by atoms with Gasteiger partial charge >= 0.3 is 5.97 Å². The quantitative estimate of drug-likeness (QED) is 0.791. The van der Waals surface area contributed by atoms with E-state index in [-0.39, 0.29) is 17.9 Å². The van der Waals surface area contributed by atoms with Crippen LogP contribution in [0, 0.1) is 0 Å². The zero-order chi connectivity index (χ0) is 14.4. The van der Waals surface area contributed by atoms with Crippen molar-refractivity contribution < 1.29 is 14.3 Å². The van der Waals surface area contributed by atoms with Crippen molar-refractivity contribution >= 4 is 11.9 Å². The van der Waals surface area contributed by atoms with Crippen molar-refractivity contribution in [3.63, 3.8) is 0 Å². The minimum atomic E-state index is -0.241. The highest BCUT2D eigenvalue weighted by atomic mass is 16.5. The van der Waals surface area contributed by atoms with Crippen LogP contribution in [-0.2, 0) is 20.7 Å². The second-order valence-corrected chi connectivity index (χ2v) is 5.18. The lowest BCUT2D eigenvalue weighted by Gasteiger charge is -2.35. The molecule has 2 rings (SSSR count). The fourth-order valence-electron chi connectivity index (χ4n) is 2.69. The van der Waals surface area contributed by atoms with E-state index in [4.69, 9.17) is 4.74 Å². The van der Waals surface area contributed by atoms with Crippen molar-refractivity contribution in [3.05, 3.63) is 35.9 Å². The third-order valence-electron chi connectivity index (χ3n) is 3.78. The van der Waals surface area contributed by atoms with Gasteiger partial charge in [-0.05, 0) is 24.8 Å². The van der Waals surface area contributed by atoms with Gasteiger partial charge in [-0.25, -0.2) is 0 Å². The number of piperidine rings is 1. The first-order valence-corrected chi connectivity index (χ1v) is 7.11. The minimum absolute atomic E-state index is 0.00703. The summed E-state index contributed by atoms with van der Waals surface area (Å²) in [5.74, 6) is -0.140. The number of nitrogens with zero attached hydrogens (tertiary/aromatic N) is 1. The number of amides is 1. The molecule has 108 valence electrons. The molecular weight excluding hydrogens is 254 g/mol. The van der Waals surface area contributed by atoms with E-state index in [2.05, 4.69) is 0 Å². The molecular formula is C16H21NO3. The Morgan fingerprint density at radius 1 is 1.25 bits per heavy atom. The molecule has 0 saturated carbocycles. The summed E-state index contributed by atoms with van der Waals surface area (Å²) in [5, 5.41) is 0. The highest BCUT2D eigenvalue weighted by Gasteiger charge is 2.28. The molecule has 1 aromatic carbocycles. The number of ether oxygens (including phenoxy) is 1. The molecule has 1 fully saturated rings. The van der Waals surface area contributed by atoms with E-state index in [0.717, 1.165) is 31.4 Å². The van der Waals surface area contributed by atoms with Gasteiger partial charge in [0.05, 0.1) is 20.0 Å². The number of rotatable bonds is 4. The lowest BCUT2D eigenvalue weighted by molar-refractivity contribution is -0.144. The highest BCUT2D eigenvalue weighted by Crippen LogP contribution is 2.21. The van der Waals surface area contributed by atoms with Gasteiger partial charge in [-0.3, -0.25) is 9.59 Å². The van der Waals surface area contributed by atoms with Crippen LogP contribution in [0.4, 0.5) is 0 Å². The number of carbonyl (C=O) groups excluding carboxylic acids is 2. The van der Waals surface area contributed by atoms with Crippen LogP contribution in [0.1, 0.15) is 31.2 Å². The minimum Gasteiger partial charge on any atom is -0.469 e. The third-order valence-corrected chi connectivity index (χ3v) is 3.78. The van der Waals surface area contributed by atoms with Crippen molar-refractivity contribution in [1.82, 2.24) is 4.90 Å². The van der Waals surface area contributed by atoms with Gasteiger partial charge in [0.15, 0.2) is 0 Å². The van der Waals surface area contributed by atoms with Crippen molar-refractivity contribution in [1.29, 1.82) is 0 Å². The van der Waals surface area contributed by atoms with E-state index in [1.807, 2.05) is 35.2 Å². The average Bonchev–Trinajstić information content (AvgIpc) is 2.48. The molecule has 20 heavy (non-hydrogen) atoms. The van der Waals surface area contributed by atoms with Crippen LogP contribution in [0.2, 0.25) is 0 Å². The molecule has 1 saturated heterocycles. The van der Waals surface area contributed by atoms with Crippen LogP contribution in [0.3, 0.4) is 0 Å². The van der Waals surface area contributed by atoms with Gasteiger partial charge in [-0.2, -0.15) is 0 Å². The number of esters is 1. The Morgan fingerprint density at radius 3 is 2.70 bits per heavy atom. The predicted octanol–water partition coefficient (Wildman–Crippen LogP) is 2.17. The fraction of sp³-hybridized carbons (Fsp3) is 0.500. The Morgan fingerprint density at radius 2 is 2.00 bits per heavy atom. The third kappa shape index (κ3) is 3.83. The summed E-state index contributed by atoms with van der Waals surface area (Å²) in [4.78, 5) is 25.7. The zero-order valence-electron chi connectivity index (χ0n) is 11.9. The maximum Gasteiger partial charge on any atom is 0.307 e. The molecule has 1 aromatic rings. The molecule has 1 heterocycles. The van der Waals surface area contributed by atoms with Gasteiger partial charge in [0.25, 0.3) is 0 Å². The maximum atomic E-state index is 12.4. The first kappa shape index (κ1) is 14.6. The summed E-state index contributed by atoms with van der Waals surface area (Å²) in [5.41, 5.74) is 1.01. The summed E-state index contributed by atoms with van der Waals surface area (Å²) in [6, 6.07) is 9.71. The van der Waals surface area contributed by atoms with Gasteiger partial charge in [-0.1, -0.05) is 30.3 Å². The molecule has 0 aliphatic carbocycles. The molecule has 1 atom stereocenters. The molecule has 0 aromatic heterocycles. The van der Waals surface area contributed by atoms with Gasteiger partial charge in [0.2, 0.25) is 5.91 Å². The van der Waals surface area contributed by atoms with E-state index >= 15 is 0 Å². The SMILES string of the molecule is COC(=O)CC1CCCCN1C(=O)Cc1ccccc1. The summed E-state index contributed by atoms with van der Waals surface area (Å²) in [7, 11) is 1.39. The largest absolute Gasteiger partial charge is 0.469 e. The van der Waals surface area contributed by atoms with E-state index < -0.39 is 0 Å². The monoisotopic (exact) mass is 275 g/mol. The molecule has 0 radical (unpaired) electrons. The number of carbonyl (C=O) groups is 2. The van der Waals surface area contributed by atoms with E-state index in [9.17, 15) is 9.59 Å². The van der Waals surface area contributed by atoms with Crippen LogP contribution in [0.5, 0.6) is 0 Å². The number of hydrogen-bond acceptors (Lipinski definition) is 3. The van der Waals surface area contributed by atoms with Gasteiger partial charge in [0, 0.05) is 12.6 Å². The Balaban J connectivity index is 2.00. The summed E-state index contributed by atoms with van der Waals surface area (Å²) >= 11 is 0. The van der Waals surface area contributed by atoms with E-state index in [1.165, 1.54) is 7.11 Å². The number of hydrogen-bond donors (Lipinski definition) is 0. The molecule has 4 nitrogen and oxygen atoms in total. The molecule has 1 amide bonds. The number of likely N-dealkylation sites (tertiary alicyclic amines) is 1. The van der Waals surface area contributed by atoms with Crippen molar-refractivity contribution in [2.75, 3.05) is 13.7 Å². The zero-order valence-corrected chi connectivity index (χ0v) is 11.9. The fourth-order valence-corrected chi connectivity index (χ4v) is 2.69. The van der Waals surface area contributed by atoms with Crippen molar-refractivity contribution in [2.45, 2.75) is 38.1 Å². The lowest BCUT2D eigenvalue weighted by atomic mass is 9.98. The van der Waals surface area contributed by atoms with Crippen LogP contribution >= 0.6 is 0 Å². The summed E-state index contributed by atoms with van der Waals surface area (Å²) < 4.78 is 4.72. The first-order valence-electron chi connectivity index (χ1n) is 7.11.